The summed E-state index contributed by atoms with van der Waals surface area (Å²) in [7, 11) is 1.39. The van der Waals surface area contributed by atoms with Crippen molar-refractivity contribution in [1.29, 1.82) is 0 Å². The fourth-order valence-electron chi connectivity index (χ4n) is 1.57. The lowest BCUT2D eigenvalue weighted by Crippen LogP contribution is -2.04. The molecular formula is C14H15NO2S2. The van der Waals surface area contributed by atoms with Crippen molar-refractivity contribution in [2.24, 2.45) is 0 Å². The molecule has 100 valence electrons. The normalized spacial score (nSPS) is 10.4. The molecule has 0 fully saturated rings. The van der Waals surface area contributed by atoms with Gasteiger partial charge in [0.25, 0.3) is 0 Å². The Morgan fingerprint density at radius 2 is 2.21 bits per heavy atom. The van der Waals surface area contributed by atoms with Crippen molar-refractivity contribution >= 4 is 29.1 Å². The van der Waals surface area contributed by atoms with Crippen LogP contribution in [0.15, 0.2) is 34.5 Å². The number of carbonyl (C=O) groups excluding carboxylic acids is 1. The second-order valence-corrected chi connectivity index (χ2v) is 6.00. The third-order valence-corrected chi connectivity index (χ3v) is 4.86. The molecule has 2 aromatic rings. The lowest BCUT2D eigenvalue weighted by Gasteiger charge is -2.02. The van der Waals surface area contributed by atoms with Crippen molar-refractivity contribution in [2.45, 2.75) is 24.0 Å². The number of ether oxygens (including phenoxy) is 1. The molecule has 0 radical (unpaired) electrons. The molecule has 2 rings (SSSR count). The summed E-state index contributed by atoms with van der Waals surface area (Å²) >= 11 is 3.36. The summed E-state index contributed by atoms with van der Waals surface area (Å²) < 4.78 is 4.63. The van der Waals surface area contributed by atoms with Gasteiger partial charge in [0.05, 0.1) is 25.0 Å². The number of aromatic nitrogens is 1. The Bertz CT molecular complexity index is 566. The van der Waals surface area contributed by atoms with Gasteiger partial charge in [-0.1, -0.05) is 18.2 Å². The van der Waals surface area contributed by atoms with Crippen molar-refractivity contribution in [3.63, 3.8) is 0 Å². The Morgan fingerprint density at radius 3 is 2.95 bits per heavy atom. The number of esters is 1. The molecule has 0 N–H and O–H groups in total. The minimum absolute atomic E-state index is 0.247. The molecule has 0 aliphatic carbocycles. The van der Waals surface area contributed by atoms with Crippen LogP contribution in [0.4, 0.5) is 0 Å². The molecule has 0 atom stereocenters. The van der Waals surface area contributed by atoms with Gasteiger partial charge in [-0.3, -0.25) is 4.79 Å². The molecule has 0 saturated carbocycles. The van der Waals surface area contributed by atoms with Gasteiger partial charge in [0.15, 0.2) is 0 Å². The Balaban J connectivity index is 1.94. The summed E-state index contributed by atoms with van der Waals surface area (Å²) in [6.07, 6.45) is 0.252. The Kier molecular flexibility index (Phi) is 4.99. The highest BCUT2D eigenvalue weighted by Gasteiger charge is 2.08. The summed E-state index contributed by atoms with van der Waals surface area (Å²) in [6, 6.07) is 8.30. The maximum absolute atomic E-state index is 11.2. The van der Waals surface area contributed by atoms with Gasteiger partial charge >= 0.3 is 5.97 Å². The van der Waals surface area contributed by atoms with Crippen molar-refractivity contribution in [2.75, 3.05) is 7.11 Å². The molecule has 0 aliphatic heterocycles. The van der Waals surface area contributed by atoms with Crippen LogP contribution in [0.25, 0.3) is 0 Å². The molecule has 5 heteroatoms. The largest absolute Gasteiger partial charge is 0.469 e. The number of methoxy groups -OCH3 is 1. The molecule has 1 aromatic carbocycles. The van der Waals surface area contributed by atoms with E-state index in [1.54, 1.807) is 23.1 Å². The number of thiazole rings is 1. The molecule has 0 unspecified atom stereocenters. The van der Waals surface area contributed by atoms with Crippen LogP contribution in [-0.2, 0) is 21.7 Å². The van der Waals surface area contributed by atoms with Crippen molar-refractivity contribution in [1.82, 2.24) is 4.98 Å². The summed E-state index contributed by atoms with van der Waals surface area (Å²) in [4.78, 5) is 16.9. The van der Waals surface area contributed by atoms with E-state index in [1.165, 1.54) is 17.6 Å². The van der Waals surface area contributed by atoms with Crippen LogP contribution < -0.4 is 0 Å². The number of carbonyl (C=O) groups is 1. The fourth-order valence-corrected chi connectivity index (χ4v) is 3.42. The topological polar surface area (TPSA) is 39.2 Å². The Hall–Kier alpha value is -1.33. The van der Waals surface area contributed by atoms with Crippen LogP contribution in [0.5, 0.6) is 0 Å². The van der Waals surface area contributed by atoms with Crippen LogP contribution in [0.3, 0.4) is 0 Å². The molecule has 0 aliphatic rings. The van der Waals surface area contributed by atoms with Gasteiger partial charge in [0.1, 0.15) is 5.01 Å². The fraction of sp³-hybridized carbons (Fsp3) is 0.286. The highest BCUT2D eigenvalue weighted by Crippen LogP contribution is 2.27. The van der Waals surface area contributed by atoms with Crippen molar-refractivity contribution in [3.05, 3.63) is 45.9 Å². The first kappa shape index (κ1) is 14.1. The predicted molar refractivity (Wildman–Crippen MR) is 78.6 cm³/mol. The molecule has 0 spiro atoms. The molecule has 1 aromatic heterocycles. The second-order valence-electron chi connectivity index (χ2n) is 4.04. The van der Waals surface area contributed by atoms with Crippen LogP contribution in [-0.4, -0.2) is 18.1 Å². The Labute approximate surface area is 121 Å². The van der Waals surface area contributed by atoms with Crippen LogP contribution in [0.2, 0.25) is 0 Å². The summed E-state index contributed by atoms with van der Waals surface area (Å²) in [5, 5.41) is 2.96. The minimum atomic E-state index is -0.247. The highest BCUT2D eigenvalue weighted by atomic mass is 32.2. The first-order chi connectivity index (χ1) is 9.19. The predicted octanol–water partition coefficient (Wildman–Crippen LogP) is 3.46. The number of nitrogens with zero attached hydrogens (tertiary/aromatic N) is 1. The number of thioether (sulfide) groups is 1. The van der Waals surface area contributed by atoms with Crippen molar-refractivity contribution in [3.8, 4) is 0 Å². The van der Waals surface area contributed by atoms with Gasteiger partial charge < -0.3 is 4.74 Å². The van der Waals surface area contributed by atoms with Crippen LogP contribution in [0.1, 0.15) is 16.3 Å². The van der Waals surface area contributed by atoms with E-state index in [-0.39, 0.29) is 12.4 Å². The van der Waals surface area contributed by atoms with E-state index in [2.05, 4.69) is 28.8 Å². The average Bonchev–Trinajstić information content (AvgIpc) is 2.85. The van der Waals surface area contributed by atoms with E-state index in [9.17, 15) is 4.79 Å². The van der Waals surface area contributed by atoms with Crippen LogP contribution in [0, 0.1) is 6.92 Å². The Morgan fingerprint density at radius 1 is 1.42 bits per heavy atom. The second kappa shape index (κ2) is 6.73. The third kappa shape index (κ3) is 4.08. The van der Waals surface area contributed by atoms with E-state index in [0.717, 1.165) is 16.5 Å². The molecule has 0 bridgehead atoms. The molecule has 0 saturated heterocycles. The maximum atomic E-state index is 11.2. The lowest BCUT2D eigenvalue weighted by molar-refractivity contribution is -0.139. The van der Waals surface area contributed by atoms with Gasteiger partial charge in [0.2, 0.25) is 0 Å². The summed E-state index contributed by atoms with van der Waals surface area (Å²) in [6.45, 7) is 2.10. The van der Waals surface area contributed by atoms with Crippen molar-refractivity contribution < 1.29 is 9.53 Å². The average molecular weight is 293 g/mol. The quantitative estimate of drug-likeness (QED) is 0.625. The molecule has 3 nitrogen and oxygen atoms in total. The maximum Gasteiger partial charge on any atom is 0.311 e. The zero-order chi connectivity index (χ0) is 13.7. The molecular weight excluding hydrogens is 278 g/mol. The van der Waals surface area contributed by atoms with E-state index >= 15 is 0 Å². The van der Waals surface area contributed by atoms with E-state index in [0.29, 0.717) is 0 Å². The van der Waals surface area contributed by atoms with Gasteiger partial charge in [-0.05, 0) is 18.6 Å². The van der Waals surface area contributed by atoms with Gasteiger partial charge in [-0.2, -0.15) is 0 Å². The van der Waals surface area contributed by atoms with Gasteiger partial charge in [-0.15, -0.1) is 23.1 Å². The smallest absolute Gasteiger partial charge is 0.311 e. The van der Waals surface area contributed by atoms with E-state index in [4.69, 9.17) is 0 Å². The first-order valence-corrected chi connectivity index (χ1v) is 7.74. The third-order valence-electron chi connectivity index (χ3n) is 2.60. The van der Waals surface area contributed by atoms with Crippen LogP contribution >= 0.6 is 23.1 Å². The standard InChI is InChI=1S/C14H15NO2S2/c1-10-5-3-4-6-12(10)18-9-13-15-11(8-19-13)7-14(16)17-2/h3-6,8H,7,9H2,1-2H3. The molecule has 19 heavy (non-hydrogen) atoms. The molecule has 0 amide bonds. The summed E-state index contributed by atoms with van der Waals surface area (Å²) in [5.74, 6) is 0.583. The number of hydrogen-bond acceptors (Lipinski definition) is 5. The van der Waals surface area contributed by atoms with Gasteiger partial charge in [-0.25, -0.2) is 4.98 Å². The van der Waals surface area contributed by atoms with E-state index < -0.39 is 0 Å². The number of rotatable bonds is 5. The molecule has 1 heterocycles. The van der Waals surface area contributed by atoms with E-state index in [1.807, 2.05) is 17.5 Å². The van der Waals surface area contributed by atoms with Gasteiger partial charge in [0, 0.05) is 10.3 Å². The number of hydrogen-bond donors (Lipinski definition) is 0. The monoisotopic (exact) mass is 293 g/mol. The minimum Gasteiger partial charge on any atom is -0.469 e. The zero-order valence-electron chi connectivity index (χ0n) is 10.9. The highest BCUT2D eigenvalue weighted by molar-refractivity contribution is 7.98. The zero-order valence-corrected chi connectivity index (χ0v) is 12.5. The SMILES string of the molecule is COC(=O)Cc1csc(CSc2ccccc2C)n1. The number of aryl methyl sites for hydroxylation is 1. The summed E-state index contributed by atoms with van der Waals surface area (Å²) in [5.41, 5.74) is 2.07. The number of benzene rings is 1. The lowest BCUT2D eigenvalue weighted by atomic mass is 10.2. The first-order valence-electron chi connectivity index (χ1n) is 5.87.